The van der Waals surface area contributed by atoms with Gasteiger partial charge in [0.25, 0.3) is 0 Å². The van der Waals surface area contributed by atoms with Crippen molar-refractivity contribution in [2.24, 2.45) is 0 Å². The highest BCUT2D eigenvalue weighted by molar-refractivity contribution is 6.15. The first-order chi connectivity index (χ1) is 23.2. The molecule has 47 heavy (non-hydrogen) atoms. The third-order valence-corrected chi connectivity index (χ3v) is 9.39. The second-order valence-corrected chi connectivity index (χ2v) is 12.2. The largest absolute Gasteiger partial charge is 0.456 e. The van der Waals surface area contributed by atoms with E-state index in [4.69, 9.17) is 4.42 Å². The fourth-order valence-electron chi connectivity index (χ4n) is 7.15. The predicted octanol–water partition coefficient (Wildman–Crippen LogP) is 13.0. The molecule has 0 unspecified atom stereocenters. The number of benzene rings is 8. The topological polar surface area (TPSA) is 16.4 Å². The van der Waals surface area contributed by atoms with Crippen LogP contribution in [0.1, 0.15) is 5.56 Å². The lowest BCUT2D eigenvalue weighted by atomic mass is 9.93. The van der Waals surface area contributed by atoms with Gasteiger partial charge in [-0.05, 0) is 105 Å². The Morgan fingerprint density at radius 2 is 1.00 bits per heavy atom. The molecule has 1 aromatic heterocycles. The molecule has 0 amide bonds. The highest BCUT2D eigenvalue weighted by Gasteiger charge is 2.20. The molecular weight excluding hydrogens is 571 g/mol. The summed E-state index contributed by atoms with van der Waals surface area (Å²) in [7, 11) is 0. The van der Waals surface area contributed by atoms with Crippen molar-refractivity contribution in [2.75, 3.05) is 4.90 Å². The monoisotopic (exact) mass is 601 g/mol. The first-order valence-electron chi connectivity index (χ1n) is 16.1. The summed E-state index contributed by atoms with van der Waals surface area (Å²) in [6.45, 7) is 2.16. The maximum atomic E-state index is 6.40. The summed E-state index contributed by atoms with van der Waals surface area (Å²) in [5.74, 6) is 0. The highest BCUT2D eigenvalue weighted by atomic mass is 16.3. The van der Waals surface area contributed by atoms with Crippen LogP contribution in [0.3, 0.4) is 0 Å². The van der Waals surface area contributed by atoms with E-state index in [0.29, 0.717) is 0 Å². The molecule has 0 fully saturated rings. The Bertz CT molecular complexity index is 2560. The van der Waals surface area contributed by atoms with Crippen LogP contribution in [-0.4, -0.2) is 0 Å². The average Bonchev–Trinajstić information content (AvgIpc) is 3.53. The fraction of sp³-hybridized carbons (Fsp3) is 0.0222. The molecule has 0 bridgehead atoms. The van der Waals surface area contributed by atoms with Crippen molar-refractivity contribution in [2.45, 2.75) is 6.92 Å². The van der Waals surface area contributed by atoms with E-state index in [1.165, 1.54) is 49.4 Å². The Labute approximate surface area is 273 Å². The van der Waals surface area contributed by atoms with E-state index in [9.17, 15) is 0 Å². The van der Waals surface area contributed by atoms with Crippen LogP contribution in [0.25, 0.3) is 65.7 Å². The quantitative estimate of drug-likeness (QED) is 0.182. The first-order valence-corrected chi connectivity index (χ1v) is 16.1. The van der Waals surface area contributed by atoms with Crippen LogP contribution >= 0.6 is 0 Å². The van der Waals surface area contributed by atoms with Crippen molar-refractivity contribution in [3.63, 3.8) is 0 Å². The van der Waals surface area contributed by atoms with Crippen LogP contribution in [0, 0.1) is 6.92 Å². The van der Waals surface area contributed by atoms with E-state index in [1.54, 1.807) is 0 Å². The minimum atomic E-state index is 0.886. The third kappa shape index (κ3) is 4.57. The van der Waals surface area contributed by atoms with Gasteiger partial charge in [-0.15, -0.1) is 0 Å². The van der Waals surface area contributed by atoms with E-state index in [-0.39, 0.29) is 0 Å². The molecule has 0 atom stereocenters. The van der Waals surface area contributed by atoms with Crippen molar-refractivity contribution in [3.8, 4) is 22.3 Å². The van der Waals surface area contributed by atoms with Crippen LogP contribution in [-0.2, 0) is 0 Å². The van der Waals surface area contributed by atoms with Crippen molar-refractivity contribution in [3.05, 3.63) is 175 Å². The Balaban J connectivity index is 1.23. The number of hydrogen-bond donors (Lipinski definition) is 0. The molecule has 0 radical (unpaired) electrons. The molecule has 0 saturated heterocycles. The molecule has 222 valence electrons. The van der Waals surface area contributed by atoms with Gasteiger partial charge in [-0.3, -0.25) is 0 Å². The van der Waals surface area contributed by atoms with Crippen LogP contribution in [0.5, 0.6) is 0 Å². The third-order valence-electron chi connectivity index (χ3n) is 9.39. The summed E-state index contributed by atoms with van der Waals surface area (Å²) < 4.78 is 6.40. The molecule has 0 N–H and O–H groups in total. The van der Waals surface area contributed by atoms with Gasteiger partial charge in [-0.1, -0.05) is 121 Å². The molecule has 0 aliphatic rings. The highest BCUT2D eigenvalue weighted by Crippen LogP contribution is 2.44. The summed E-state index contributed by atoms with van der Waals surface area (Å²) in [5.41, 5.74) is 11.1. The number of furan rings is 1. The van der Waals surface area contributed by atoms with Gasteiger partial charge < -0.3 is 9.32 Å². The molecule has 0 aliphatic heterocycles. The van der Waals surface area contributed by atoms with E-state index in [2.05, 4.69) is 182 Å². The fourth-order valence-corrected chi connectivity index (χ4v) is 7.15. The normalized spacial score (nSPS) is 11.5. The minimum absolute atomic E-state index is 0.886. The lowest BCUT2D eigenvalue weighted by molar-refractivity contribution is 0.669. The van der Waals surface area contributed by atoms with Gasteiger partial charge in [-0.2, -0.15) is 0 Å². The second kappa shape index (κ2) is 11.0. The Morgan fingerprint density at radius 3 is 1.74 bits per heavy atom. The maximum Gasteiger partial charge on any atom is 0.137 e. The molecule has 0 saturated carbocycles. The summed E-state index contributed by atoms with van der Waals surface area (Å²) in [4.78, 5) is 2.36. The number of aryl methyl sites for hydroxylation is 1. The zero-order chi connectivity index (χ0) is 31.3. The smallest absolute Gasteiger partial charge is 0.137 e. The Hall–Kier alpha value is -6.12. The van der Waals surface area contributed by atoms with Gasteiger partial charge in [-0.25, -0.2) is 0 Å². The van der Waals surface area contributed by atoms with Crippen LogP contribution < -0.4 is 4.90 Å². The van der Waals surface area contributed by atoms with E-state index in [1.807, 2.05) is 0 Å². The van der Waals surface area contributed by atoms with Crippen LogP contribution in [0.4, 0.5) is 17.1 Å². The minimum Gasteiger partial charge on any atom is -0.456 e. The van der Waals surface area contributed by atoms with Gasteiger partial charge in [0.1, 0.15) is 11.2 Å². The number of hydrogen-bond acceptors (Lipinski definition) is 2. The molecule has 9 rings (SSSR count). The molecule has 2 nitrogen and oxygen atoms in total. The lowest BCUT2D eigenvalue weighted by Crippen LogP contribution is -2.10. The van der Waals surface area contributed by atoms with Gasteiger partial charge in [0, 0.05) is 16.8 Å². The first kappa shape index (κ1) is 27.2. The second-order valence-electron chi connectivity index (χ2n) is 12.2. The zero-order valence-corrected chi connectivity index (χ0v) is 26.0. The number of nitrogens with zero attached hydrogens (tertiary/aromatic N) is 1. The summed E-state index contributed by atoms with van der Waals surface area (Å²) >= 11 is 0. The van der Waals surface area contributed by atoms with E-state index >= 15 is 0 Å². The molecule has 2 heteroatoms. The summed E-state index contributed by atoms with van der Waals surface area (Å²) in [6, 6.07) is 60.8. The van der Waals surface area contributed by atoms with Gasteiger partial charge in [0.05, 0.1) is 11.1 Å². The van der Waals surface area contributed by atoms with Crippen molar-refractivity contribution < 1.29 is 4.42 Å². The van der Waals surface area contributed by atoms with Gasteiger partial charge in [0.15, 0.2) is 0 Å². The van der Waals surface area contributed by atoms with Gasteiger partial charge in [0.2, 0.25) is 0 Å². The molecule has 8 aromatic carbocycles. The predicted molar refractivity (Wildman–Crippen MR) is 199 cm³/mol. The van der Waals surface area contributed by atoms with Crippen molar-refractivity contribution in [1.29, 1.82) is 0 Å². The van der Waals surface area contributed by atoms with E-state index < -0.39 is 0 Å². The summed E-state index contributed by atoms with van der Waals surface area (Å²) in [5, 5.41) is 7.35. The molecule has 1 heterocycles. The Kier molecular flexibility index (Phi) is 6.39. The van der Waals surface area contributed by atoms with Gasteiger partial charge >= 0.3 is 0 Å². The Morgan fingerprint density at radius 1 is 0.426 bits per heavy atom. The average molecular weight is 602 g/mol. The molecule has 9 aromatic rings. The zero-order valence-electron chi connectivity index (χ0n) is 26.0. The van der Waals surface area contributed by atoms with Crippen LogP contribution in [0.2, 0.25) is 0 Å². The van der Waals surface area contributed by atoms with E-state index in [0.717, 1.165) is 39.0 Å². The maximum absolute atomic E-state index is 6.40. The lowest BCUT2D eigenvalue weighted by Gasteiger charge is -2.27. The SMILES string of the molecule is Cc1cccc2oc3cccc(N(c4ccc(-c5ccccc5)cc4)c4ccc(-c5cc6ccccc6c6ccccc56)cc4)c3c12. The standard InChI is InChI=1S/C45H31NO/c1-30-11-9-19-42-44(30)45-41(18-10-20-43(45)47-42)46(35-25-21-32(22-26-35)31-12-3-2-4-13-31)36-27-23-33(24-28-36)40-29-34-14-5-6-15-37(34)38-16-7-8-17-39(38)40/h2-29H,1H3. The van der Waals surface area contributed by atoms with Crippen molar-refractivity contribution >= 4 is 60.5 Å². The van der Waals surface area contributed by atoms with Crippen LogP contribution in [0.15, 0.2) is 174 Å². The van der Waals surface area contributed by atoms with Crippen molar-refractivity contribution in [1.82, 2.24) is 0 Å². The molecule has 0 aliphatic carbocycles. The molecule has 0 spiro atoms. The number of anilines is 3. The number of fused-ring (bicyclic) bond motifs is 6. The summed E-state index contributed by atoms with van der Waals surface area (Å²) in [6.07, 6.45) is 0. The number of rotatable bonds is 5. The molecular formula is C45H31NO.